The lowest BCUT2D eigenvalue weighted by Crippen LogP contribution is -2.40. The fourth-order valence-corrected chi connectivity index (χ4v) is 3.20. The van der Waals surface area contributed by atoms with E-state index in [0.29, 0.717) is 6.04 Å². The molecule has 0 bridgehead atoms. The molecule has 17 heavy (non-hydrogen) atoms. The molecule has 0 aliphatic carbocycles. The van der Waals surface area contributed by atoms with Crippen molar-refractivity contribution in [1.29, 1.82) is 0 Å². The van der Waals surface area contributed by atoms with Gasteiger partial charge in [-0.05, 0) is 48.2 Å². The fourth-order valence-electron chi connectivity index (χ4n) is 2.50. The van der Waals surface area contributed by atoms with Crippen molar-refractivity contribution in [3.63, 3.8) is 0 Å². The van der Waals surface area contributed by atoms with Gasteiger partial charge in [-0.15, -0.1) is 0 Å². The molecule has 1 unspecified atom stereocenters. The molecule has 0 spiro atoms. The van der Waals surface area contributed by atoms with Crippen molar-refractivity contribution in [2.75, 3.05) is 19.6 Å². The Bertz CT molecular complexity index is 308. The number of hydrogen-bond acceptors (Lipinski definition) is 3. The average Bonchev–Trinajstić information content (AvgIpc) is 2.95. The van der Waals surface area contributed by atoms with Gasteiger partial charge < -0.3 is 5.32 Å². The van der Waals surface area contributed by atoms with Crippen LogP contribution in [0.5, 0.6) is 0 Å². The zero-order valence-corrected chi connectivity index (χ0v) is 11.8. The van der Waals surface area contributed by atoms with Crippen molar-refractivity contribution in [2.24, 2.45) is 0 Å². The first kappa shape index (κ1) is 13.1. The highest BCUT2D eigenvalue weighted by atomic mass is 32.1. The number of hydrogen-bond donors (Lipinski definition) is 1. The molecule has 1 aliphatic heterocycles. The molecule has 0 saturated carbocycles. The van der Waals surface area contributed by atoms with Crippen molar-refractivity contribution >= 4 is 11.3 Å². The van der Waals surface area contributed by atoms with E-state index in [-0.39, 0.29) is 0 Å². The highest BCUT2D eigenvalue weighted by Crippen LogP contribution is 2.17. The average molecular weight is 252 g/mol. The van der Waals surface area contributed by atoms with Crippen LogP contribution in [0.4, 0.5) is 0 Å². The van der Waals surface area contributed by atoms with Crippen LogP contribution >= 0.6 is 11.3 Å². The summed E-state index contributed by atoms with van der Waals surface area (Å²) in [7, 11) is 0. The Hall–Kier alpha value is -0.380. The maximum absolute atomic E-state index is 3.57. The van der Waals surface area contributed by atoms with Crippen LogP contribution < -0.4 is 5.32 Å². The Morgan fingerprint density at radius 1 is 1.53 bits per heavy atom. The molecule has 1 aromatic heterocycles. The van der Waals surface area contributed by atoms with E-state index < -0.39 is 0 Å². The normalized spacial score (nSPS) is 21.5. The van der Waals surface area contributed by atoms with Crippen molar-refractivity contribution in [1.82, 2.24) is 10.2 Å². The lowest BCUT2D eigenvalue weighted by molar-refractivity contribution is 0.247. The summed E-state index contributed by atoms with van der Waals surface area (Å²) in [5, 5.41) is 8.02. The predicted molar refractivity (Wildman–Crippen MR) is 75.8 cm³/mol. The molecule has 0 amide bonds. The summed E-state index contributed by atoms with van der Waals surface area (Å²) >= 11 is 1.81. The molecule has 3 heteroatoms. The fraction of sp³-hybridized carbons (Fsp3) is 0.714. The molecule has 1 aromatic rings. The first-order valence-electron chi connectivity index (χ1n) is 6.74. The maximum atomic E-state index is 3.57. The molecule has 1 saturated heterocycles. The van der Waals surface area contributed by atoms with Gasteiger partial charge in [0, 0.05) is 25.2 Å². The van der Waals surface area contributed by atoms with Crippen LogP contribution in [-0.4, -0.2) is 36.6 Å². The molecule has 1 fully saturated rings. The molecule has 96 valence electrons. The predicted octanol–water partition coefficient (Wildman–Crippen LogP) is 2.75. The Morgan fingerprint density at radius 3 is 3.12 bits per heavy atom. The Kier molecular flexibility index (Phi) is 5.01. The molecule has 1 aliphatic rings. The van der Waals surface area contributed by atoms with Crippen LogP contribution in [0.1, 0.15) is 32.3 Å². The topological polar surface area (TPSA) is 15.3 Å². The van der Waals surface area contributed by atoms with Crippen LogP contribution in [0, 0.1) is 0 Å². The van der Waals surface area contributed by atoms with Gasteiger partial charge in [-0.1, -0.05) is 13.8 Å². The lowest BCUT2D eigenvalue weighted by Gasteiger charge is -2.25. The third kappa shape index (κ3) is 4.09. The molecule has 2 heterocycles. The SMILES string of the molecule is CC(C)NCC1CCCN1CCc1ccsc1. The minimum Gasteiger partial charge on any atom is -0.313 e. The molecule has 2 rings (SSSR count). The van der Waals surface area contributed by atoms with Crippen molar-refractivity contribution in [3.05, 3.63) is 22.4 Å². The summed E-state index contributed by atoms with van der Waals surface area (Å²) in [6.45, 7) is 8.12. The summed E-state index contributed by atoms with van der Waals surface area (Å²) in [4.78, 5) is 2.66. The molecule has 1 N–H and O–H groups in total. The highest BCUT2D eigenvalue weighted by molar-refractivity contribution is 7.07. The van der Waals surface area contributed by atoms with E-state index in [1.807, 2.05) is 0 Å². The Balaban J connectivity index is 1.75. The largest absolute Gasteiger partial charge is 0.313 e. The van der Waals surface area contributed by atoms with Gasteiger partial charge in [0.15, 0.2) is 0 Å². The molecule has 1 atom stereocenters. The third-order valence-electron chi connectivity index (χ3n) is 3.53. The van der Waals surface area contributed by atoms with Gasteiger partial charge >= 0.3 is 0 Å². The van der Waals surface area contributed by atoms with Crippen LogP contribution in [-0.2, 0) is 6.42 Å². The minimum absolute atomic E-state index is 0.606. The Morgan fingerprint density at radius 2 is 2.41 bits per heavy atom. The van der Waals surface area contributed by atoms with Crippen molar-refractivity contribution < 1.29 is 0 Å². The Labute approximate surface area is 109 Å². The summed E-state index contributed by atoms with van der Waals surface area (Å²) in [6.07, 6.45) is 3.94. The standard InChI is InChI=1S/C14H24N2S/c1-12(2)15-10-14-4-3-7-16(14)8-5-13-6-9-17-11-13/h6,9,11-12,14-15H,3-5,7-8,10H2,1-2H3. The first-order valence-corrected chi connectivity index (χ1v) is 7.68. The molecular formula is C14H24N2S. The van der Waals surface area contributed by atoms with E-state index in [1.165, 1.54) is 37.9 Å². The van der Waals surface area contributed by atoms with E-state index in [9.17, 15) is 0 Å². The van der Waals surface area contributed by atoms with E-state index in [1.54, 1.807) is 11.3 Å². The van der Waals surface area contributed by atoms with Crippen LogP contribution in [0.3, 0.4) is 0 Å². The summed E-state index contributed by atoms with van der Waals surface area (Å²) in [5.74, 6) is 0. The molecule has 2 nitrogen and oxygen atoms in total. The quantitative estimate of drug-likeness (QED) is 0.837. The maximum Gasteiger partial charge on any atom is 0.0221 e. The van der Waals surface area contributed by atoms with Crippen molar-refractivity contribution in [2.45, 2.75) is 45.2 Å². The number of likely N-dealkylation sites (tertiary alicyclic amines) is 1. The smallest absolute Gasteiger partial charge is 0.0221 e. The van der Waals surface area contributed by atoms with E-state index >= 15 is 0 Å². The van der Waals surface area contributed by atoms with Gasteiger partial charge in [-0.25, -0.2) is 0 Å². The lowest BCUT2D eigenvalue weighted by atomic mass is 10.2. The van der Waals surface area contributed by atoms with Crippen molar-refractivity contribution in [3.8, 4) is 0 Å². The van der Waals surface area contributed by atoms with E-state index in [2.05, 4.69) is 40.9 Å². The van der Waals surface area contributed by atoms with Gasteiger partial charge in [0.1, 0.15) is 0 Å². The second-order valence-corrected chi connectivity index (χ2v) is 6.06. The zero-order valence-electron chi connectivity index (χ0n) is 11.0. The number of rotatable bonds is 6. The van der Waals surface area contributed by atoms with Crippen LogP contribution in [0.25, 0.3) is 0 Å². The number of nitrogens with zero attached hydrogens (tertiary/aromatic N) is 1. The molecular weight excluding hydrogens is 228 g/mol. The molecule has 0 aromatic carbocycles. The van der Waals surface area contributed by atoms with Gasteiger partial charge in [0.2, 0.25) is 0 Å². The highest BCUT2D eigenvalue weighted by Gasteiger charge is 2.23. The number of thiophene rings is 1. The van der Waals surface area contributed by atoms with Gasteiger partial charge in [-0.2, -0.15) is 11.3 Å². The second-order valence-electron chi connectivity index (χ2n) is 5.28. The summed E-state index contributed by atoms with van der Waals surface area (Å²) < 4.78 is 0. The summed E-state index contributed by atoms with van der Waals surface area (Å²) in [5.41, 5.74) is 1.50. The third-order valence-corrected chi connectivity index (χ3v) is 4.26. The van der Waals surface area contributed by atoms with Gasteiger partial charge in [0.05, 0.1) is 0 Å². The number of nitrogens with one attached hydrogen (secondary N) is 1. The van der Waals surface area contributed by atoms with Crippen LogP contribution in [0.15, 0.2) is 16.8 Å². The summed E-state index contributed by atoms with van der Waals surface area (Å²) in [6, 6.07) is 3.62. The zero-order chi connectivity index (χ0) is 12.1. The monoisotopic (exact) mass is 252 g/mol. The molecule has 0 radical (unpaired) electrons. The minimum atomic E-state index is 0.606. The van der Waals surface area contributed by atoms with E-state index in [4.69, 9.17) is 0 Å². The van der Waals surface area contributed by atoms with Crippen LogP contribution in [0.2, 0.25) is 0 Å². The second kappa shape index (κ2) is 6.53. The van der Waals surface area contributed by atoms with Gasteiger partial charge in [-0.3, -0.25) is 4.90 Å². The first-order chi connectivity index (χ1) is 8.25. The van der Waals surface area contributed by atoms with Gasteiger partial charge in [0.25, 0.3) is 0 Å². The van der Waals surface area contributed by atoms with E-state index in [0.717, 1.165) is 12.6 Å².